The number of aliphatic imine (C=N–C) groups is 1. The molecule has 0 bridgehead atoms. The largest absolute Gasteiger partial charge is 0.383 e. The van der Waals surface area contributed by atoms with Crippen LogP contribution in [0.25, 0.3) is 0 Å². The molecule has 2 rings (SSSR count). The Kier molecular flexibility index (Phi) is 5.74. The van der Waals surface area contributed by atoms with Crippen molar-refractivity contribution in [2.24, 2.45) is 12.0 Å². The van der Waals surface area contributed by atoms with E-state index >= 15 is 0 Å². The highest BCUT2D eigenvalue weighted by atomic mass is 16.5. The van der Waals surface area contributed by atoms with Gasteiger partial charge in [-0.25, -0.2) is 4.99 Å². The molecule has 116 valence electrons. The van der Waals surface area contributed by atoms with Crippen LogP contribution in [0.1, 0.15) is 24.5 Å². The lowest BCUT2D eigenvalue weighted by Gasteiger charge is -2.17. The highest BCUT2D eigenvalue weighted by molar-refractivity contribution is 5.80. The number of ether oxygens (including phenoxy) is 1. The van der Waals surface area contributed by atoms with E-state index < -0.39 is 0 Å². The second-order valence-corrected chi connectivity index (χ2v) is 5.09. The van der Waals surface area contributed by atoms with E-state index in [2.05, 4.69) is 38.0 Å². The van der Waals surface area contributed by atoms with Crippen molar-refractivity contribution in [1.82, 2.24) is 25.4 Å². The Labute approximate surface area is 125 Å². The molecule has 0 spiro atoms. The molecular formula is C14H24N6O. The molecule has 0 saturated carbocycles. The van der Waals surface area contributed by atoms with Gasteiger partial charge in [0.25, 0.3) is 0 Å². The molecule has 0 aliphatic heterocycles. The van der Waals surface area contributed by atoms with Crippen LogP contribution in [-0.4, -0.2) is 47.0 Å². The molecule has 1 aromatic rings. The maximum absolute atomic E-state index is 5.06. The predicted molar refractivity (Wildman–Crippen MR) is 82.1 cm³/mol. The zero-order chi connectivity index (χ0) is 15.1. The van der Waals surface area contributed by atoms with Crippen molar-refractivity contribution in [2.75, 3.05) is 20.3 Å². The number of nitrogens with one attached hydrogen (secondary N) is 2. The van der Waals surface area contributed by atoms with Crippen molar-refractivity contribution in [3.8, 4) is 0 Å². The number of hydrogen-bond donors (Lipinski definition) is 2. The van der Waals surface area contributed by atoms with Gasteiger partial charge in [-0.2, -0.15) is 0 Å². The molecule has 1 aliphatic carbocycles. The Bertz CT molecular complexity index is 500. The van der Waals surface area contributed by atoms with E-state index in [0.29, 0.717) is 19.2 Å². The normalized spacial score (nSPS) is 15.7. The number of methoxy groups -OCH3 is 1. The minimum atomic E-state index is 0.417. The van der Waals surface area contributed by atoms with Gasteiger partial charge in [0.1, 0.15) is 12.4 Å². The van der Waals surface area contributed by atoms with Crippen molar-refractivity contribution in [2.45, 2.75) is 32.4 Å². The van der Waals surface area contributed by atoms with Gasteiger partial charge in [0, 0.05) is 26.7 Å². The molecule has 0 saturated heterocycles. The zero-order valence-corrected chi connectivity index (χ0v) is 13.0. The Morgan fingerprint density at radius 1 is 1.43 bits per heavy atom. The van der Waals surface area contributed by atoms with Crippen LogP contribution in [0.3, 0.4) is 0 Å². The van der Waals surface area contributed by atoms with Crippen LogP contribution in [0.2, 0.25) is 0 Å². The van der Waals surface area contributed by atoms with Crippen molar-refractivity contribution < 1.29 is 4.74 Å². The van der Waals surface area contributed by atoms with Crippen LogP contribution in [0.5, 0.6) is 0 Å². The Balaban J connectivity index is 1.95. The quantitative estimate of drug-likeness (QED) is 0.346. The molecular weight excluding hydrogens is 268 g/mol. The molecule has 7 heteroatoms. The first kappa shape index (κ1) is 15.5. The summed E-state index contributed by atoms with van der Waals surface area (Å²) in [4.78, 5) is 4.59. The lowest BCUT2D eigenvalue weighted by Crippen LogP contribution is -2.43. The van der Waals surface area contributed by atoms with E-state index in [4.69, 9.17) is 4.74 Å². The average molecular weight is 292 g/mol. The summed E-state index contributed by atoms with van der Waals surface area (Å²) in [5.74, 6) is 2.54. The predicted octanol–water partition coefficient (Wildman–Crippen LogP) is 0.524. The van der Waals surface area contributed by atoms with Gasteiger partial charge in [0.15, 0.2) is 11.8 Å². The summed E-state index contributed by atoms with van der Waals surface area (Å²) < 4.78 is 7.02. The fraction of sp³-hybridized carbons (Fsp3) is 0.643. The summed E-state index contributed by atoms with van der Waals surface area (Å²) >= 11 is 0. The van der Waals surface area contributed by atoms with E-state index in [-0.39, 0.29) is 0 Å². The number of hydrogen-bond acceptors (Lipinski definition) is 4. The smallest absolute Gasteiger partial charge is 0.192 e. The van der Waals surface area contributed by atoms with Crippen molar-refractivity contribution in [3.63, 3.8) is 0 Å². The number of aromatic nitrogens is 3. The zero-order valence-electron chi connectivity index (χ0n) is 13.0. The van der Waals surface area contributed by atoms with Crippen LogP contribution in [0.15, 0.2) is 17.1 Å². The Hall–Kier alpha value is -1.89. The van der Waals surface area contributed by atoms with Crippen LogP contribution in [-0.2, 0) is 18.3 Å². The van der Waals surface area contributed by atoms with E-state index in [1.807, 2.05) is 18.5 Å². The van der Waals surface area contributed by atoms with Crippen LogP contribution in [0, 0.1) is 6.92 Å². The van der Waals surface area contributed by atoms with Gasteiger partial charge in [-0.15, -0.1) is 10.2 Å². The van der Waals surface area contributed by atoms with Gasteiger partial charge in [0.2, 0.25) is 0 Å². The number of aryl methyl sites for hydroxylation is 1. The van der Waals surface area contributed by atoms with Gasteiger partial charge in [0.05, 0.1) is 6.61 Å². The summed E-state index contributed by atoms with van der Waals surface area (Å²) in [6, 6.07) is 0.417. The minimum absolute atomic E-state index is 0.417. The SMILES string of the molecule is COCCNC(=NCc1nnc(C)n1C)NC1CC=CC1. The summed E-state index contributed by atoms with van der Waals surface area (Å²) in [7, 11) is 3.64. The molecule has 0 atom stereocenters. The lowest BCUT2D eigenvalue weighted by atomic mass is 10.2. The molecule has 1 aromatic heterocycles. The molecule has 1 aliphatic rings. The monoisotopic (exact) mass is 292 g/mol. The lowest BCUT2D eigenvalue weighted by molar-refractivity contribution is 0.203. The molecule has 0 aromatic carbocycles. The molecule has 1 heterocycles. The minimum Gasteiger partial charge on any atom is -0.383 e. The second kappa shape index (κ2) is 7.78. The van der Waals surface area contributed by atoms with Gasteiger partial charge < -0.3 is 19.9 Å². The standard InChI is InChI=1S/C14H24N6O/c1-11-18-19-13(20(11)2)10-16-14(15-8-9-21-3)17-12-6-4-5-7-12/h4-5,12H,6-10H2,1-3H3,(H2,15,16,17). The summed E-state index contributed by atoms with van der Waals surface area (Å²) in [5.41, 5.74) is 0. The molecule has 0 amide bonds. The maximum atomic E-state index is 5.06. The van der Waals surface area contributed by atoms with E-state index in [1.54, 1.807) is 7.11 Å². The number of nitrogens with zero attached hydrogens (tertiary/aromatic N) is 4. The van der Waals surface area contributed by atoms with Crippen LogP contribution >= 0.6 is 0 Å². The molecule has 0 radical (unpaired) electrons. The first-order chi connectivity index (χ1) is 10.2. The molecule has 0 unspecified atom stereocenters. The second-order valence-electron chi connectivity index (χ2n) is 5.09. The van der Waals surface area contributed by atoms with Crippen molar-refractivity contribution in [3.05, 3.63) is 23.8 Å². The third-order valence-corrected chi connectivity index (χ3v) is 3.51. The highest BCUT2D eigenvalue weighted by Crippen LogP contribution is 2.08. The first-order valence-electron chi connectivity index (χ1n) is 7.24. The fourth-order valence-electron chi connectivity index (χ4n) is 2.09. The average Bonchev–Trinajstić information content (AvgIpc) is 3.09. The third kappa shape index (κ3) is 4.56. The third-order valence-electron chi connectivity index (χ3n) is 3.51. The van der Waals surface area contributed by atoms with E-state index in [1.165, 1.54) is 0 Å². The number of guanidine groups is 1. The van der Waals surface area contributed by atoms with E-state index in [9.17, 15) is 0 Å². The first-order valence-corrected chi connectivity index (χ1v) is 7.24. The van der Waals surface area contributed by atoms with Gasteiger partial charge in [-0.1, -0.05) is 12.2 Å². The summed E-state index contributed by atoms with van der Waals surface area (Å²) in [5, 5.41) is 14.9. The maximum Gasteiger partial charge on any atom is 0.192 e. The summed E-state index contributed by atoms with van der Waals surface area (Å²) in [6.07, 6.45) is 6.45. The van der Waals surface area contributed by atoms with Crippen LogP contribution < -0.4 is 10.6 Å². The molecule has 2 N–H and O–H groups in total. The fourth-order valence-corrected chi connectivity index (χ4v) is 2.09. The van der Waals surface area contributed by atoms with Gasteiger partial charge >= 0.3 is 0 Å². The van der Waals surface area contributed by atoms with Gasteiger partial charge in [-0.05, 0) is 19.8 Å². The highest BCUT2D eigenvalue weighted by Gasteiger charge is 2.12. The van der Waals surface area contributed by atoms with Crippen molar-refractivity contribution in [1.29, 1.82) is 0 Å². The topological polar surface area (TPSA) is 76.4 Å². The van der Waals surface area contributed by atoms with Gasteiger partial charge in [-0.3, -0.25) is 0 Å². The number of rotatable bonds is 6. The molecule has 0 fully saturated rings. The van der Waals surface area contributed by atoms with Crippen molar-refractivity contribution >= 4 is 5.96 Å². The van der Waals surface area contributed by atoms with E-state index in [0.717, 1.165) is 37.0 Å². The summed E-state index contributed by atoms with van der Waals surface area (Å²) in [6.45, 7) is 3.80. The Morgan fingerprint density at radius 3 is 2.81 bits per heavy atom. The molecule has 21 heavy (non-hydrogen) atoms. The van der Waals surface area contributed by atoms with Crippen LogP contribution in [0.4, 0.5) is 0 Å². The molecule has 7 nitrogen and oxygen atoms in total. The Morgan fingerprint density at radius 2 is 2.19 bits per heavy atom.